The highest BCUT2D eigenvalue weighted by atomic mass is 16.3. The number of nitrogens with one attached hydrogen (secondary N) is 2. The van der Waals surface area contributed by atoms with E-state index in [0.29, 0.717) is 17.1 Å². The number of aliphatic hydroxyl groups is 1. The summed E-state index contributed by atoms with van der Waals surface area (Å²) in [5.74, 6) is 0.483. The molecule has 7 heteroatoms. The van der Waals surface area contributed by atoms with E-state index < -0.39 is 12.1 Å². The number of aliphatic hydroxyl groups excluding tert-OH is 1. The highest BCUT2D eigenvalue weighted by Gasteiger charge is 2.11. The standard InChI is InChI=1S/C18H18N4O3/c1-12-2-3-14(17-20-8-9-25-17)10-15(12)22-18(24)21-11-16(23)13-4-6-19-7-5-13/h2-10,16,23H,11H2,1H3,(H2,21,22,24). The van der Waals surface area contributed by atoms with E-state index in [9.17, 15) is 9.90 Å². The van der Waals surface area contributed by atoms with E-state index >= 15 is 0 Å². The second-order valence-electron chi connectivity index (χ2n) is 5.50. The topological polar surface area (TPSA) is 100 Å². The van der Waals surface area contributed by atoms with E-state index in [2.05, 4.69) is 20.6 Å². The number of urea groups is 1. The molecule has 1 aromatic carbocycles. The molecule has 25 heavy (non-hydrogen) atoms. The number of anilines is 1. The van der Waals surface area contributed by atoms with Crippen molar-refractivity contribution in [3.63, 3.8) is 0 Å². The highest BCUT2D eigenvalue weighted by molar-refractivity contribution is 5.90. The van der Waals surface area contributed by atoms with Gasteiger partial charge in [-0.15, -0.1) is 0 Å². The van der Waals surface area contributed by atoms with Gasteiger partial charge in [-0.3, -0.25) is 4.98 Å². The number of aryl methyl sites for hydroxylation is 1. The van der Waals surface area contributed by atoms with Crippen LogP contribution in [0.25, 0.3) is 11.5 Å². The molecular weight excluding hydrogens is 320 g/mol. The number of amides is 2. The van der Waals surface area contributed by atoms with Crippen LogP contribution in [0.4, 0.5) is 10.5 Å². The van der Waals surface area contributed by atoms with Gasteiger partial charge >= 0.3 is 6.03 Å². The lowest BCUT2D eigenvalue weighted by Gasteiger charge is -2.14. The molecule has 3 N–H and O–H groups in total. The third kappa shape index (κ3) is 4.21. The minimum absolute atomic E-state index is 0.0916. The molecule has 0 saturated carbocycles. The van der Waals surface area contributed by atoms with Crippen LogP contribution in [-0.2, 0) is 0 Å². The van der Waals surface area contributed by atoms with Gasteiger partial charge < -0.3 is 20.2 Å². The normalized spacial score (nSPS) is 11.8. The smallest absolute Gasteiger partial charge is 0.319 e. The molecule has 1 unspecified atom stereocenters. The molecule has 0 radical (unpaired) electrons. The Morgan fingerprint density at radius 3 is 2.76 bits per heavy atom. The van der Waals surface area contributed by atoms with E-state index in [4.69, 9.17) is 4.42 Å². The van der Waals surface area contributed by atoms with Crippen molar-refractivity contribution in [2.45, 2.75) is 13.0 Å². The molecular formula is C18H18N4O3. The van der Waals surface area contributed by atoms with Gasteiger partial charge in [0.2, 0.25) is 5.89 Å². The van der Waals surface area contributed by atoms with Crippen LogP contribution in [0.2, 0.25) is 0 Å². The number of carbonyl (C=O) groups excluding carboxylic acids is 1. The average Bonchev–Trinajstić information content (AvgIpc) is 3.17. The Morgan fingerprint density at radius 1 is 1.24 bits per heavy atom. The summed E-state index contributed by atoms with van der Waals surface area (Å²) in [5.41, 5.74) is 3.01. The Kier molecular flexibility index (Phi) is 5.06. The van der Waals surface area contributed by atoms with Crippen LogP contribution in [0.5, 0.6) is 0 Å². The molecule has 0 spiro atoms. The van der Waals surface area contributed by atoms with Crippen molar-refractivity contribution in [3.05, 3.63) is 66.3 Å². The second-order valence-corrected chi connectivity index (χ2v) is 5.50. The lowest BCUT2D eigenvalue weighted by atomic mass is 10.1. The summed E-state index contributed by atoms with van der Waals surface area (Å²) in [6.45, 7) is 1.98. The van der Waals surface area contributed by atoms with E-state index in [1.165, 1.54) is 6.26 Å². The van der Waals surface area contributed by atoms with Gasteiger partial charge in [-0.05, 0) is 42.3 Å². The quantitative estimate of drug-likeness (QED) is 0.664. The molecule has 1 atom stereocenters. The van der Waals surface area contributed by atoms with Crippen LogP contribution in [0.1, 0.15) is 17.2 Å². The summed E-state index contributed by atoms with van der Waals surface area (Å²) in [6.07, 6.45) is 5.45. The van der Waals surface area contributed by atoms with Gasteiger partial charge in [0.15, 0.2) is 0 Å². The summed E-state index contributed by atoms with van der Waals surface area (Å²) in [6, 6.07) is 8.54. The van der Waals surface area contributed by atoms with Crippen molar-refractivity contribution in [2.24, 2.45) is 0 Å². The third-order valence-electron chi connectivity index (χ3n) is 3.71. The molecule has 0 saturated heterocycles. The molecule has 2 amide bonds. The zero-order chi connectivity index (χ0) is 17.6. The van der Waals surface area contributed by atoms with Crippen molar-refractivity contribution in [1.82, 2.24) is 15.3 Å². The summed E-state index contributed by atoms with van der Waals surface area (Å²) in [5, 5.41) is 15.5. The largest absolute Gasteiger partial charge is 0.445 e. The number of hydrogen-bond acceptors (Lipinski definition) is 5. The molecule has 0 bridgehead atoms. The number of carbonyl (C=O) groups is 1. The zero-order valence-electron chi connectivity index (χ0n) is 13.6. The van der Waals surface area contributed by atoms with Crippen molar-refractivity contribution in [1.29, 1.82) is 0 Å². The maximum absolute atomic E-state index is 12.1. The van der Waals surface area contributed by atoms with E-state index in [1.54, 1.807) is 36.8 Å². The van der Waals surface area contributed by atoms with Crippen molar-refractivity contribution in [2.75, 3.05) is 11.9 Å². The molecule has 3 rings (SSSR count). The number of pyridine rings is 1. The number of aromatic nitrogens is 2. The van der Waals surface area contributed by atoms with E-state index in [1.807, 2.05) is 19.1 Å². The molecule has 0 fully saturated rings. The Hall–Kier alpha value is -3.19. The molecule has 3 aromatic rings. The fourth-order valence-electron chi connectivity index (χ4n) is 2.32. The Labute approximate surface area is 144 Å². The maximum Gasteiger partial charge on any atom is 0.319 e. The van der Waals surface area contributed by atoms with Gasteiger partial charge in [-0.2, -0.15) is 0 Å². The van der Waals surface area contributed by atoms with Gasteiger partial charge in [0, 0.05) is 30.2 Å². The Morgan fingerprint density at radius 2 is 2.04 bits per heavy atom. The number of rotatable bonds is 5. The van der Waals surface area contributed by atoms with Crippen LogP contribution in [0, 0.1) is 6.92 Å². The van der Waals surface area contributed by atoms with Crippen LogP contribution in [-0.4, -0.2) is 27.7 Å². The SMILES string of the molecule is Cc1ccc(-c2ncco2)cc1NC(=O)NCC(O)c1ccncc1. The summed E-state index contributed by atoms with van der Waals surface area (Å²) in [4.78, 5) is 20.1. The predicted octanol–water partition coefficient (Wildman–Crippen LogP) is 2.90. The monoisotopic (exact) mass is 338 g/mol. The number of oxazole rings is 1. The second kappa shape index (κ2) is 7.59. The first-order chi connectivity index (χ1) is 12.1. The molecule has 0 aliphatic heterocycles. The number of nitrogens with zero attached hydrogens (tertiary/aromatic N) is 2. The fraction of sp³-hybridized carbons (Fsp3) is 0.167. The van der Waals surface area contributed by atoms with Gasteiger partial charge in [0.05, 0.1) is 12.3 Å². The summed E-state index contributed by atoms with van der Waals surface area (Å²) in [7, 11) is 0. The Bertz CT molecular complexity index is 835. The van der Waals surface area contributed by atoms with Crippen LogP contribution in [0.3, 0.4) is 0 Å². The van der Waals surface area contributed by atoms with Crippen molar-refractivity contribution < 1.29 is 14.3 Å². The van der Waals surface area contributed by atoms with Crippen LogP contribution < -0.4 is 10.6 Å². The summed E-state index contributed by atoms with van der Waals surface area (Å²) >= 11 is 0. The van der Waals surface area contributed by atoms with Crippen LogP contribution >= 0.6 is 0 Å². The van der Waals surface area contributed by atoms with Gasteiger partial charge in [-0.25, -0.2) is 9.78 Å². The maximum atomic E-state index is 12.1. The van der Waals surface area contributed by atoms with Crippen LogP contribution in [0.15, 0.2) is 59.6 Å². The molecule has 128 valence electrons. The van der Waals surface area contributed by atoms with Crippen molar-refractivity contribution >= 4 is 11.7 Å². The molecule has 2 heterocycles. The molecule has 7 nitrogen and oxygen atoms in total. The molecule has 0 aliphatic rings. The predicted molar refractivity (Wildman–Crippen MR) is 92.9 cm³/mol. The zero-order valence-corrected chi connectivity index (χ0v) is 13.6. The lowest BCUT2D eigenvalue weighted by molar-refractivity contribution is 0.175. The minimum atomic E-state index is -0.798. The van der Waals surface area contributed by atoms with Gasteiger partial charge in [0.1, 0.15) is 6.26 Å². The molecule has 2 aromatic heterocycles. The first kappa shape index (κ1) is 16.7. The number of hydrogen-bond donors (Lipinski definition) is 3. The number of benzene rings is 1. The van der Waals surface area contributed by atoms with Crippen molar-refractivity contribution in [3.8, 4) is 11.5 Å². The minimum Gasteiger partial charge on any atom is -0.445 e. The summed E-state index contributed by atoms with van der Waals surface area (Å²) < 4.78 is 5.27. The molecule has 0 aliphatic carbocycles. The van der Waals surface area contributed by atoms with E-state index in [0.717, 1.165) is 11.1 Å². The third-order valence-corrected chi connectivity index (χ3v) is 3.71. The lowest BCUT2D eigenvalue weighted by Crippen LogP contribution is -2.32. The fourth-order valence-corrected chi connectivity index (χ4v) is 2.32. The first-order valence-electron chi connectivity index (χ1n) is 7.77. The van der Waals surface area contributed by atoms with E-state index in [-0.39, 0.29) is 6.54 Å². The Balaban J connectivity index is 1.62. The highest BCUT2D eigenvalue weighted by Crippen LogP contribution is 2.24. The van der Waals surface area contributed by atoms with Gasteiger partial charge in [-0.1, -0.05) is 6.07 Å². The van der Waals surface area contributed by atoms with Gasteiger partial charge in [0.25, 0.3) is 0 Å². The average molecular weight is 338 g/mol. The first-order valence-corrected chi connectivity index (χ1v) is 7.77.